The van der Waals surface area contributed by atoms with E-state index in [1.807, 2.05) is 0 Å². The zero-order valence-corrected chi connectivity index (χ0v) is 10.0. The molecule has 0 bridgehead atoms. The summed E-state index contributed by atoms with van der Waals surface area (Å²) in [6.45, 7) is -0.537. The molecule has 1 atom stereocenters. The van der Waals surface area contributed by atoms with Gasteiger partial charge in [0, 0.05) is 12.6 Å². The topological polar surface area (TPSA) is 84.2 Å². The summed E-state index contributed by atoms with van der Waals surface area (Å²) in [6, 6.07) is -0.575. The number of carboxylic acid groups (broad SMARTS) is 1. The number of terminal acetylenes is 1. The smallest absolute Gasteiger partial charge is 0.435 e. The van der Waals surface area contributed by atoms with Gasteiger partial charge in [0.05, 0.1) is 0 Å². The number of hydrogen-bond acceptors (Lipinski definition) is 3. The van der Waals surface area contributed by atoms with Crippen molar-refractivity contribution in [3.63, 3.8) is 0 Å². The lowest BCUT2D eigenvalue weighted by Gasteiger charge is -2.11. The minimum absolute atomic E-state index is 0.228. The maximum Gasteiger partial charge on any atom is 0.435 e. The molecule has 1 unspecified atom stereocenters. The van der Waals surface area contributed by atoms with E-state index in [-0.39, 0.29) is 6.42 Å². The Bertz CT molecular complexity index is 545. The van der Waals surface area contributed by atoms with Crippen LogP contribution in [0.5, 0.6) is 0 Å². The third-order valence-electron chi connectivity index (χ3n) is 2.19. The summed E-state index contributed by atoms with van der Waals surface area (Å²) in [5.74, 6) is -0.0519. The van der Waals surface area contributed by atoms with Crippen LogP contribution in [0.1, 0.15) is 12.1 Å². The van der Waals surface area contributed by atoms with Gasteiger partial charge in [-0.3, -0.25) is 9.48 Å². The van der Waals surface area contributed by atoms with Gasteiger partial charge in [0.15, 0.2) is 5.69 Å². The van der Waals surface area contributed by atoms with E-state index in [2.05, 4.69) is 16.3 Å². The van der Waals surface area contributed by atoms with Crippen LogP contribution in [0.2, 0.25) is 0 Å². The molecule has 1 aromatic rings. The lowest BCUT2D eigenvalue weighted by Crippen LogP contribution is -2.42. The van der Waals surface area contributed by atoms with Crippen LogP contribution in [0.25, 0.3) is 0 Å². The maximum absolute atomic E-state index is 12.3. The van der Waals surface area contributed by atoms with E-state index in [0.717, 1.165) is 10.9 Å². The maximum atomic E-state index is 12.3. The van der Waals surface area contributed by atoms with Crippen molar-refractivity contribution < 1.29 is 27.9 Å². The first-order valence-electron chi connectivity index (χ1n) is 5.30. The van der Waals surface area contributed by atoms with Crippen molar-refractivity contribution in [1.82, 2.24) is 15.1 Å². The normalized spacial score (nSPS) is 12.5. The Balaban J connectivity index is 2.65. The van der Waals surface area contributed by atoms with Crippen molar-refractivity contribution in [2.24, 2.45) is 0 Å². The van der Waals surface area contributed by atoms with E-state index in [4.69, 9.17) is 11.5 Å². The highest BCUT2D eigenvalue weighted by Crippen LogP contribution is 2.27. The second kappa shape index (κ2) is 6.10. The number of hydrogen-bond donors (Lipinski definition) is 2. The van der Waals surface area contributed by atoms with E-state index >= 15 is 0 Å². The van der Waals surface area contributed by atoms with Gasteiger partial charge in [-0.2, -0.15) is 18.3 Å². The molecule has 1 rings (SSSR count). The van der Waals surface area contributed by atoms with Gasteiger partial charge in [0.2, 0.25) is 5.91 Å². The number of carbonyl (C=O) groups is 2. The second-order valence-corrected chi connectivity index (χ2v) is 3.76. The van der Waals surface area contributed by atoms with Gasteiger partial charge in [-0.1, -0.05) is 0 Å². The van der Waals surface area contributed by atoms with Crippen LogP contribution in [0, 0.1) is 12.3 Å². The summed E-state index contributed by atoms with van der Waals surface area (Å²) in [5.41, 5.74) is -1.14. The van der Waals surface area contributed by atoms with Gasteiger partial charge in [-0.05, 0) is 6.07 Å². The van der Waals surface area contributed by atoms with E-state index in [0.29, 0.717) is 6.07 Å². The van der Waals surface area contributed by atoms with Gasteiger partial charge in [0.1, 0.15) is 12.6 Å². The SMILES string of the molecule is C#CCC(NC(=O)Cn1ccc(C(F)(F)F)n1)C(=O)O. The van der Waals surface area contributed by atoms with Crippen molar-refractivity contribution in [2.75, 3.05) is 0 Å². The fraction of sp³-hybridized carbons (Fsp3) is 0.364. The number of rotatable bonds is 5. The van der Waals surface area contributed by atoms with Crippen molar-refractivity contribution in [2.45, 2.75) is 25.2 Å². The number of nitrogens with zero attached hydrogens (tertiary/aromatic N) is 2. The molecule has 1 heterocycles. The van der Waals surface area contributed by atoms with E-state index in [9.17, 15) is 22.8 Å². The molecule has 0 radical (unpaired) electrons. The molecule has 0 saturated heterocycles. The minimum atomic E-state index is -4.60. The minimum Gasteiger partial charge on any atom is -0.480 e. The summed E-state index contributed by atoms with van der Waals surface area (Å²) in [6.07, 6.45) is 1.08. The number of nitrogens with one attached hydrogen (secondary N) is 1. The number of halogens is 3. The van der Waals surface area contributed by atoms with E-state index in [1.165, 1.54) is 0 Å². The van der Waals surface area contributed by atoms with E-state index < -0.39 is 36.3 Å². The summed E-state index contributed by atoms with van der Waals surface area (Å²) in [7, 11) is 0. The van der Waals surface area contributed by atoms with Gasteiger partial charge in [0.25, 0.3) is 0 Å². The van der Waals surface area contributed by atoms with Crippen LogP contribution in [0.4, 0.5) is 13.2 Å². The number of aliphatic carboxylic acids is 1. The van der Waals surface area contributed by atoms with Crippen molar-refractivity contribution in [3.05, 3.63) is 18.0 Å². The Hall–Kier alpha value is -2.50. The number of alkyl halides is 3. The molecule has 9 heteroatoms. The summed E-state index contributed by atoms with van der Waals surface area (Å²) in [4.78, 5) is 22.2. The van der Waals surface area contributed by atoms with Gasteiger partial charge >= 0.3 is 12.1 Å². The average molecular weight is 289 g/mol. The third-order valence-corrected chi connectivity index (χ3v) is 2.19. The first-order chi connectivity index (χ1) is 9.24. The standard InChI is InChI=1S/C11H10F3N3O3/c1-2-3-7(10(19)20)15-9(18)6-17-5-4-8(16-17)11(12,13)14/h1,4-5,7H,3,6H2,(H,15,18)(H,19,20). The van der Waals surface area contributed by atoms with Gasteiger partial charge in [-0.25, -0.2) is 4.79 Å². The molecule has 0 aliphatic rings. The molecule has 0 spiro atoms. The predicted octanol–water partition coefficient (Wildman–Crippen LogP) is 0.495. The molecule has 1 aromatic heterocycles. The first kappa shape index (κ1) is 15.6. The molecule has 108 valence electrons. The highest BCUT2D eigenvalue weighted by molar-refractivity contribution is 5.83. The Morgan fingerprint density at radius 3 is 2.65 bits per heavy atom. The fourth-order valence-corrected chi connectivity index (χ4v) is 1.31. The Morgan fingerprint density at radius 1 is 1.55 bits per heavy atom. The second-order valence-electron chi connectivity index (χ2n) is 3.76. The Kier molecular flexibility index (Phi) is 4.74. The number of amides is 1. The number of aromatic nitrogens is 2. The molecular formula is C11H10F3N3O3. The average Bonchev–Trinajstić information content (AvgIpc) is 2.76. The molecule has 0 fully saturated rings. The molecule has 20 heavy (non-hydrogen) atoms. The van der Waals surface area contributed by atoms with Crippen LogP contribution >= 0.6 is 0 Å². The number of carbonyl (C=O) groups excluding carboxylic acids is 1. The van der Waals surface area contributed by atoms with Crippen molar-refractivity contribution in [3.8, 4) is 12.3 Å². The van der Waals surface area contributed by atoms with Crippen LogP contribution < -0.4 is 5.32 Å². The third kappa shape index (κ3) is 4.31. The molecular weight excluding hydrogens is 279 g/mol. The quantitative estimate of drug-likeness (QED) is 0.773. The monoisotopic (exact) mass is 289 g/mol. The lowest BCUT2D eigenvalue weighted by molar-refractivity contribution is -0.142. The molecule has 0 aliphatic heterocycles. The van der Waals surface area contributed by atoms with Crippen LogP contribution in [0.3, 0.4) is 0 Å². The van der Waals surface area contributed by atoms with Gasteiger partial charge < -0.3 is 10.4 Å². The van der Waals surface area contributed by atoms with Crippen LogP contribution in [0.15, 0.2) is 12.3 Å². The molecule has 1 amide bonds. The first-order valence-corrected chi connectivity index (χ1v) is 5.30. The highest BCUT2D eigenvalue weighted by Gasteiger charge is 2.33. The molecule has 2 N–H and O–H groups in total. The molecule has 0 aliphatic carbocycles. The molecule has 6 nitrogen and oxygen atoms in total. The lowest BCUT2D eigenvalue weighted by atomic mass is 10.2. The number of carboxylic acids is 1. The summed E-state index contributed by atoms with van der Waals surface area (Å²) >= 11 is 0. The zero-order chi connectivity index (χ0) is 15.3. The largest absolute Gasteiger partial charge is 0.480 e. The predicted molar refractivity (Wildman–Crippen MR) is 60.2 cm³/mol. The summed E-state index contributed by atoms with van der Waals surface area (Å²) in [5, 5.41) is 14.0. The molecule has 0 aromatic carbocycles. The van der Waals surface area contributed by atoms with E-state index in [1.54, 1.807) is 0 Å². The van der Waals surface area contributed by atoms with Crippen LogP contribution in [-0.4, -0.2) is 32.8 Å². The summed E-state index contributed by atoms with van der Waals surface area (Å²) < 4.78 is 37.6. The van der Waals surface area contributed by atoms with Crippen molar-refractivity contribution in [1.29, 1.82) is 0 Å². The van der Waals surface area contributed by atoms with Gasteiger partial charge in [-0.15, -0.1) is 12.3 Å². The highest BCUT2D eigenvalue weighted by atomic mass is 19.4. The zero-order valence-electron chi connectivity index (χ0n) is 10.0. The van der Waals surface area contributed by atoms with Crippen molar-refractivity contribution >= 4 is 11.9 Å². The fourth-order valence-electron chi connectivity index (χ4n) is 1.31. The van der Waals surface area contributed by atoms with Crippen LogP contribution in [-0.2, 0) is 22.3 Å². The Morgan fingerprint density at radius 2 is 2.20 bits per heavy atom. The molecule has 0 saturated carbocycles. The Labute approximate surface area is 111 Å².